The first-order chi connectivity index (χ1) is 11.3. The fourth-order valence-corrected chi connectivity index (χ4v) is 2.30. The molecule has 3 rings (SSSR count). The van der Waals surface area contributed by atoms with Gasteiger partial charge in [-0.05, 0) is 36.0 Å². The number of halogens is 3. The van der Waals surface area contributed by atoms with Crippen LogP contribution < -0.4 is 5.56 Å². The highest BCUT2D eigenvalue weighted by molar-refractivity contribution is 7.71. The van der Waals surface area contributed by atoms with Crippen molar-refractivity contribution in [2.75, 3.05) is 0 Å². The highest BCUT2D eigenvalue weighted by Crippen LogP contribution is 2.29. The van der Waals surface area contributed by atoms with Gasteiger partial charge in [0, 0.05) is 12.3 Å². The molecule has 0 aliphatic rings. The predicted octanol–water partition coefficient (Wildman–Crippen LogP) is 3.63. The molecule has 9 heteroatoms. The minimum atomic E-state index is -4.43. The number of alkyl halides is 3. The highest BCUT2D eigenvalue weighted by atomic mass is 32.1. The number of hydrogen-bond donors (Lipinski definition) is 1. The Morgan fingerprint density at radius 3 is 2.71 bits per heavy atom. The normalized spacial score (nSPS) is 11.6. The lowest BCUT2D eigenvalue weighted by molar-refractivity contribution is -0.137. The van der Waals surface area contributed by atoms with Crippen LogP contribution >= 0.6 is 12.2 Å². The molecule has 0 unspecified atom stereocenters. The Morgan fingerprint density at radius 1 is 1.25 bits per heavy atom. The smallest absolute Gasteiger partial charge is 0.409 e. The second kappa shape index (κ2) is 6.08. The molecule has 0 aliphatic heterocycles. The lowest BCUT2D eigenvalue weighted by atomic mass is 10.1. The molecule has 2 heterocycles. The first kappa shape index (κ1) is 16.2. The van der Waals surface area contributed by atoms with E-state index in [4.69, 9.17) is 16.6 Å². The van der Waals surface area contributed by atoms with Gasteiger partial charge in [0.25, 0.3) is 10.4 Å². The van der Waals surface area contributed by atoms with E-state index < -0.39 is 11.7 Å². The molecule has 0 bridgehead atoms. The van der Waals surface area contributed by atoms with Crippen LogP contribution in [0.3, 0.4) is 0 Å². The molecule has 0 fully saturated rings. The summed E-state index contributed by atoms with van der Waals surface area (Å²) in [4.78, 5) is 12.0. The van der Waals surface area contributed by atoms with Crippen molar-refractivity contribution in [1.82, 2.24) is 14.8 Å². The monoisotopic (exact) mass is 353 g/mol. The Morgan fingerprint density at radius 2 is 2.04 bits per heavy atom. The number of aromatic nitrogens is 3. The van der Waals surface area contributed by atoms with Crippen molar-refractivity contribution in [3.8, 4) is 11.5 Å². The lowest BCUT2D eigenvalue weighted by Gasteiger charge is -2.10. The highest BCUT2D eigenvalue weighted by Gasteiger charge is 2.30. The van der Waals surface area contributed by atoms with Crippen molar-refractivity contribution in [2.45, 2.75) is 12.7 Å². The molecule has 0 aliphatic carbocycles. The van der Waals surface area contributed by atoms with Crippen LogP contribution in [-0.4, -0.2) is 14.8 Å². The Hall–Kier alpha value is -2.68. The van der Waals surface area contributed by atoms with Crippen molar-refractivity contribution >= 4 is 12.2 Å². The first-order valence-electron chi connectivity index (χ1n) is 6.75. The standard InChI is InChI=1S/C15H10F3N3O2S/c16-15(17,18)11-3-1-2-9(6-11)7-21-8-10(4-5-12(21)22)13-19-20-14(24)23-13/h1-6,8H,7H2,(H,20,24). The second-order valence-corrected chi connectivity index (χ2v) is 5.37. The number of nitrogens with zero attached hydrogens (tertiary/aromatic N) is 2. The zero-order valence-electron chi connectivity index (χ0n) is 12.0. The molecule has 5 nitrogen and oxygen atoms in total. The van der Waals surface area contributed by atoms with Crippen LogP contribution in [0, 0.1) is 4.84 Å². The van der Waals surface area contributed by atoms with E-state index in [1.54, 1.807) is 0 Å². The van der Waals surface area contributed by atoms with Crippen molar-refractivity contribution < 1.29 is 17.6 Å². The van der Waals surface area contributed by atoms with Gasteiger partial charge in [-0.2, -0.15) is 13.2 Å². The maximum absolute atomic E-state index is 12.8. The summed E-state index contributed by atoms with van der Waals surface area (Å²) in [6.45, 7) is -0.0122. The van der Waals surface area contributed by atoms with Crippen LogP contribution in [0.1, 0.15) is 11.1 Å². The van der Waals surface area contributed by atoms with Crippen LogP contribution in [0.25, 0.3) is 11.5 Å². The zero-order chi connectivity index (χ0) is 17.3. The molecule has 2 aromatic heterocycles. The maximum atomic E-state index is 12.8. The number of pyridine rings is 1. The Kier molecular flexibility index (Phi) is 4.10. The molecule has 3 aromatic rings. The van der Waals surface area contributed by atoms with Crippen molar-refractivity contribution in [2.24, 2.45) is 0 Å². The number of benzene rings is 1. The fraction of sp³-hybridized carbons (Fsp3) is 0.133. The third-order valence-corrected chi connectivity index (χ3v) is 3.45. The van der Waals surface area contributed by atoms with Crippen molar-refractivity contribution in [1.29, 1.82) is 0 Å². The molecule has 0 atom stereocenters. The summed E-state index contributed by atoms with van der Waals surface area (Å²) in [5.74, 6) is 0.192. The van der Waals surface area contributed by atoms with Gasteiger partial charge in [0.15, 0.2) is 0 Å². The quantitative estimate of drug-likeness (QED) is 0.731. The Balaban J connectivity index is 1.96. The molecule has 24 heavy (non-hydrogen) atoms. The Labute approximate surface area is 138 Å². The van der Waals surface area contributed by atoms with E-state index in [1.165, 1.54) is 35.0 Å². The molecule has 0 saturated carbocycles. The van der Waals surface area contributed by atoms with Gasteiger partial charge in [-0.3, -0.25) is 4.79 Å². The summed E-state index contributed by atoms with van der Waals surface area (Å²) in [6.07, 6.45) is -2.98. The van der Waals surface area contributed by atoms with Gasteiger partial charge >= 0.3 is 6.18 Å². The summed E-state index contributed by atoms with van der Waals surface area (Å²) in [7, 11) is 0. The summed E-state index contributed by atoms with van der Waals surface area (Å²) in [6, 6.07) is 7.61. The van der Waals surface area contributed by atoms with Crippen LogP contribution in [-0.2, 0) is 12.7 Å². The average Bonchev–Trinajstić information content (AvgIpc) is 2.95. The number of nitrogens with one attached hydrogen (secondary N) is 1. The molecular weight excluding hydrogens is 343 g/mol. The van der Waals surface area contributed by atoms with E-state index in [-0.39, 0.29) is 22.8 Å². The van der Waals surface area contributed by atoms with Gasteiger partial charge in [-0.1, -0.05) is 12.1 Å². The van der Waals surface area contributed by atoms with E-state index >= 15 is 0 Å². The second-order valence-electron chi connectivity index (χ2n) is 5.00. The minimum absolute atomic E-state index is 0.0122. The third kappa shape index (κ3) is 3.46. The van der Waals surface area contributed by atoms with E-state index in [1.807, 2.05) is 0 Å². The number of hydrogen-bond acceptors (Lipinski definition) is 4. The van der Waals surface area contributed by atoms with Gasteiger partial charge in [0.1, 0.15) is 0 Å². The summed E-state index contributed by atoms with van der Waals surface area (Å²) in [5.41, 5.74) is -0.284. The molecule has 1 N–H and O–H groups in total. The zero-order valence-corrected chi connectivity index (χ0v) is 12.8. The minimum Gasteiger partial charge on any atom is -0.409 e. The Bertz CT molecular complexity index is 988. The fourth-order valence-electron chi connectivity index (χ4n) is 2.18. The maximum Gasteiger partial charge on any atom is 0.416 e. The summed E-state index contributed by atoms with van der Waals surface area (Å²) < 4.78 is 44.8. The lowest BCUT2D eigenvalue weighted by Crippen LogP contribution is -2.19. The molecule has 0 saturated heterocycles. The molecule has 0 radical (unpaired) electrons. The molecular formula is C15H10F3N3O2S. The van der Waals surface area contributed by atoms with Gasteiger partial charge in [0.05, 0.1) is 17.7 Å². The molecule has 0 spiro atoms. The van der Waals surface area contributed by atoms with Crippen LogP contribution in [0.4, 0.5) is 13.2 Å². The number of H-pyrrole nitrogens is 1. The topological polar surface area (TPSA) is 63.8 Å². The van der Waals surface area contributed by atoms with E-state index in [0.29, 0.717) is 11.1 Å². The third-order valence-electron chi connectivity index (χ3n) is 3.28. The largest absolute Gasteiger partial charge is 0.416 e. The van der Waals surface area contributed by atoms with E-state index in [0.717, 1.165) is 12.1 Å². The van der Waals surface area contributed by atoms with Crippen molar-refractivity contribution in [3.05, 3.63) is 68.9 Å². The average molecular weight is 353 g/mol. The SMILES string of the molecule is O=c1ccc(-c2n[nH]c(=S)o2)cn1Cc1cccc(C(F)(F)F)c1. The summed E-state index contributed by atoms with van der Waals surface area (Å²) in [5, 5.41) is 6.31. The van der Waals surface area contributed by atoms with Crippen LogP contribution in [0.15, 0.2) is 51.8 Å². The predicted molar refractivity (Wildman–Crippen MR) is 81.9 cm³/mol. The molecule has 124 valence electrons. The van der Waals surface area contributed by atoms with Gasteiger partial charge in [-0.15, -0.1) is 5.10 Å². The van der Waals surface area contributed by atoms with Gasteiger partial charge in [0.2, 0.25) is 5.89 Å². The van der Waals surface area contributed by atoms with Gasteiger partial charge in [-0.25, -0.2) is 5.10 Å². The summed E-state index contributed by atoms with van der Waals surface area (Å²) >= 11 is 4.79. The van der Waals surface area contributed by atoms with Crippen LogP contribution in [0.5, 0.6) is 0 Å². The first-order valence-corrected chi connectivity index (χ1v) is 7.16. The number of aromatic amines is 1. The van der Waals surface area contributed by atoms with E-state index in [2.05, 4.69) is 10.2 Å². The molecule has 0 amide bonds. The molecule has 1 aromatic carbocycles. The van der Waals surface area contributed by atoms with Crippen LogP contribution in [0.2, 0.25) is 0 Å². The van der Waals surface area contributed by atoms with Crippen molar-refractivity contribution in [3.63, 3.8) is 0 Å². The van der Waals surface area contributed by atoms with E-state index in [9.17, 15) is 18.0 Å². The van der Waals surface area contributed by atoms with Gasteiger partial charge < -0.3 is 8.98 Å². The number of rotatable bonds is 3.